The summed E-state index contributed by atoms with van der Waals surface area (Å²) in [6.45, 7) is 2.89. The zero-order valence-electron chi connectivity index (χ0n) is 7.54. The first kappa shape index (κ1) is 10.2. The molecule has 76 valence electrons. The van der Waals surface area contributed by atoms with Crippen LogP contribution in [0.25, 0.3) is 0 Å². The summed E-state index contributed by atoms with van der Waals surface area (Å²) in [5, 5.41) is 0.460. The van der Waals surface area contributed by atoms with Gasteiger partial charge in [-0.2, -0.15) is 0 Å². The molecule has 0 unspecified atom stereocenters. The molecule has 2 heterocycles. The fourth-order valence-electron chi connectivity index (χ4n) is 1.16. The Morgan fingerprint density at radius 3 is 2.93 bits per heavy atom. The summed E-state index contributed by atoms with van der Waals surface area (Å²) in [4.78, 5) is 6.20. The lowest BCUT2D eigenvalue weighted by Crippen LogP contribution is -2.39. The second-order valence-electron chi connectivity index (χ2n) is 3.19. The first-order valence-corrected chi connectivity index (χ1v) is 5.59. The Bertz CT molecular complexity index is 331. The fraction of sp³-hybridized carbons (Fsp3) is 0.444. The molecule has 0 N–H and O–H groups in total. The van der Waals surface area contributed by atoms with E-state index in [1.807, 2.05) is 6.07 Å². The van der Waals surface area contributed by atoms with Crippen molar-refractivity contribution in [2.45, 2.75) is 6.42 Å². The highest BCUT2D eigenvalue weighted by molar-refractivity contribution is 9.10. The van der Waals surface area contributed by atoms with Gasteiger partial charge < -0.3 is 4.74 Å². The van der Waals surface area contributed by atoms with E-state index >= 15 is 0 Å². The molecule has 0 aromatic carbocycles. The van der Waals surface area contributed by atoms with Crippen molar-refractivity contribution in [3.63, 3.8) is 0 Å². The number of aromatic nitrogens is 1. The normalized spacial score (nSPS) is 16.4. The summed E-state index contributed by atoms with van der Waals surface area (Å²) in [5.74, 6) is 0.744. The van der Waals surface area contributed by atoms with Gasteiger partial charge in [0.05, 0.1) is 10.7 Å². The smallest absolute Gasteiger partial charge is 0.143 e. The second-order valence-corrected chi connectivity index (χ2v) is 4.40. The molecular formula is C9H10BrClN2O. The maximum Gasteiger partial charge on any atom is 0.143 e. The molecule has 5 heteroatoms. The Balaban J connectivity index is 1.91. The summed E-state index contributed by atoms with van der Waals surface area (Å²) in [6.07, 6.45) is 2.90. The maximum absolute atomic E-state index is 5.76. The summed E-state index contributed by atoms with van der Waals surface area (Å²) in [6, 6.07) is 1.83. The summed E-state index contributed by atoms with van der Waals surface area (Å²) in [5.41, 5.74) is 0. The van der Waals surface area contributed by atoms with Crippen molar-refractivity contribution in [3.8, 4) is 5.75 Å². The Hall–Kier alpha value is -0.320. The molecule has 1 aromatic rings. The Kier molecular flexibility index (Phi) is 3.26. The van der Waals surface area contributed by atoms with Gasteiger partial charge in [-0.25, -0.2) is 4.98 Å². The summed E-state index contributed by atoms with van der Waals surface area (Å²) < 4.78 is 6.28. The van der Waals surface area contributed by atoms with E-state index < -0.39 is 0 Å². The number of ether oxygens (including phenoxy) is 1. The number of likely N-dealkylation sites (tertiary alicyclic amines) is 1. The van der Waals surface area contributed by atoms with Gasteiger partial charge in [0, 0.05) is 13.1 Å². The Morgan fingerprint density at radius 1 is 1.57 bits per heavy atom. The number of nitrogens with zero attached hydrogens (tertiary/aromatic N) is 2. The SMILES string of the molecule is Clc1ncc(OCN2CCC2)cc1Br. The molecule has 1 saturated heterocycles. The quantitative estimate of drug-likeness (QED) is 0.794. The predicted octanol–water partition coefficient (Wildman–Crippen LogP) is 2.54. The molecule has 0 bridgehead atoms. The molecule has 0 aliphatic carbocycles. The number of rotatable bonds is 3. The number of hydrogen-bond donors (Lipinski definition) is 0. The zero-order chi connectivity index (χ0) is 9.97. The molecule has 14 heavy (non-hydrogen) atoms. The van der Waals surface area contributed by atoms with Gasteiger partial charge in [-0.1, -0.05) is 11.6 Å². The van der Waals surface area contributed by atoms with Crippen LogP contribution in [0, 0.1) is 0 Å². The van der Waals surface area contributed by atoms with Gasteiger partial charge >= 0.3 is 0 Å². The van der Waals surface area contributed by atoms with Crippen LogP contribution in [0.2, 0.25) is 5.15 Å². The van der Waals surface area contributed by atoms with Crippen LogP contribution in [-0.4, -0.2) is 29.7 Å². The molecule has 0 atom stereocenters. The average molecular weight is 278 g/mol. The second kappa shape index (κ2) is 4.47. The van der Waals surface area contributed by atoms with Crippen molar-refractivity contribution in [3.05, 3.63) is 21.9 Å². The van der Waals surface area contributed by atoms with E-state index in [1.54, 1.807) is 6.20 Å². The van der Waals surface area contributed by atoms with E-state index in [9.17, 15) is 0 Å². The van der Waals surface area contributed by atoms with Crippen molar-refractivity contribution in [2.75, 3.05) is 19.8 Å². The van der Waals surface area contributed by atoms with Crippen LogP contribution in [0.3, 0.4) is 0 Å². The van der Waals surface area contributed by atoms with E-state index in [2.05, 4.69) is 25.8 Å². The Labute approximate surface area is 96.1 Å². The van der Waals surface area contributed by atoms with Crippen LogP contribution in [0.15, 0.2) is 16.7 Å². The molecule has 0 amide bonds. The van der Waals surface area contributed by atoms with E-state index in [4.69, 9.17) is 16.3 Å². The highest BCUT2D eigenvalue weighted by Crippen LogP contribution is 2.24. The fourth-order valence-corrected chi connectivity index (χ4v) is 1.59. The van der Waals surface area contributed by atoms with Crippen LogP contribution in [0.4, 0.5) is 0 Å². The number of pyridine rings is 1. The largest absolute Gasteiger partial charge is 0.476 e. The van der Waals surface area contributed by atoms with Gasteiger partial charge in [0.2, 0.25) is 0 Å². The Morgan fingerprint density at radius 2 is 2.36 bits per heavy atom. The number of hydrogen-bond acceptors (Lipinski definition) is 3. The molecule has 1 aliphatic rings. The minimum atomic E-state index is 0.460. The summed E-state index contributed by atoms with van der Waals surface area (Å²) in [7, 11) is 0. The van der Waals surface area contributed by atoms with Gasteiger partial charge in [-0.3, -0.25) is 4.90 Å². The van der Waals surface area contributed by atoms with Crippen molar-refractivity contribution in [2.24, 2.45) is 0 Å². The molecule has 1 fully saturated rings. The first-order chi connectivity index (χ1) is 6.75. The van der Waals surface area contributed by atoms with Crippen LogP contribution >= 0.6 is 27.5 Å². The highest BCUT2D eigenvalue weighted by atomic mass is 79.9. The minimum absolute atomic E-state index is 0.460. The average Bonchev–Trinajstić information content (AvgIpc) is 2.08. The van der Waals surface area contributed by atoms with Gasteiger partial charge in [-0.05, 0) is 28.4 Å². The van der Waals surface area contributed by atoms with Crippen molar-refractivity contribution in [1.82, 2.24) is 9.88 Å². The molecule has 1 aromatic heterocycles. The maximum atomic E-state index is 5.76. The molecule has 0 spiro atoms. The van der Waals surface area contributed by atoms with Crippen molar-refractivity contribution >= 4 is 27.5 Å². The van der Waals surface area contributed by atoms with Gasteiger partial charge in [0.15, 0.2) is 0 Å². The third-order valence-electron chi connectivity index (χ3n) is 2.13. The molecule has 0 saturated carbocycles. The summed E-state index contributed by atoms with van der Waals surface area (Å²) >= 11 is 9.05. The zero-order valence-corrected chi connectivity index (χ0v) is 9.88. The molecule has 3 nitrogen and oxygen atoms in total. The van der Waals surface area contributed by atoms with Gasteiger partial charge in [0.1, 0.15) is 17.6 Å². The minimum Gasteiger partial charge on any atom is -0.476 e. The molecular weight excluding hydrogens is 267 g/mol. The van der Waals surface area contributed by atoms with Gasteiger partial charge in [0.25, 0.3) is 0 Å². The lowest BCUT2D eigenvalue weighted by molar-refractivity contribution is 0.0728. The lowest BCUT2D eigenvalue weighted by Gasteiger charge is -2.30. The monoisotopic (exact) mass is 276 g/mol. The van der Waals surface area contributed by atoms with Gasteiger partial charge in [-0.15, -0.1) is 0 Å². The standard InChI is InChI=1S/C9H10BrClN2O/c10-8-4-7(5-12-9(8)11)14-6-13-2-1-3-13/h4-5H,1-3,6H2. The third-order valence-corrected chi connectivity index (χ3v) is 3.27. The highest BCUT2D eigenvalue weighted by Gasteiger charge is 2.13. The van der Waals surface area contributed by atoms with Crippen LogP contribution in [0.5, 0.6) is 5.75 Å². The molecule has 1 aliphatic heterocycles. The van der Waals surface area contributed by atoms with Crippen molar-refractivity contribution < 1.29 is 4.74 Å². The lowest BCUT2D eigenvalue weighted by atomic mass is 10.2. The first-order valence-electron chi connectivity index (χ1n) is 4.42. The van der Waals surface area contributed by atoms with Crippen molar-refractivity contribution in [1.29, 1.82) is 0 Å². The topological polar surface area (TPSA) is 25.4 Å². The molecule has 0 radical (unpaired) electrons. The molecule has 2 rings (SSSR count). The van der Waals surface area contributed by atoms with Crippen LogP contribution < -0.4 is 4.74 Å². The van der Waals surface area contributed by atoms with Crippen LogP contribution in [0.1, 0.15) is 6.42 Å². The predicted molar refractivity (Wildman–Crippen MR) is 58.6 cm³/mol. The van der Waals surface area contributed by atoms with E-state index in [-0.39, 0.29) is 0 Å². The van der Waals surface area contributed by atoms with E-state index in [0.717, 1.165) is 23.3 Å². The third kappa shape index (κ3) is 2.38. The number of halogens is 2. The van der Waals surface area contributed by atoms with E-state index in [1.165, 1.54) is 6.42 Å². The van der Waals surface area contributed by atoms with Crippen LogP contribution in [-0.2, 0) is 0 Å². The van der Waals surface area contributed by atoms with E-state index in [0.29, 0.717) is 11.9 Å².